The third-order valence-electron chi connectivity index (χ3n) is 8.41. The van der Waals surface area contributed by atoms with Crippen LogP contribution in [-0.4, -0.2) is 123 Å². The van der Waals surface area contributed by atoms with Crippen molar-refractivity contribution < 1.29 is 42.2 Å². The van der Waals surface area contributed by atoms with Gasteiger partial charge in [0.2, 0.25) is 0 Å². The Morgan fingerprint density at radius 1 is 0.659 bits per heavy atom. The Morgan fingerprint density at radius 3 is 1.77 bits per heavy atom. The number of quaternary nitrogens is 1. The molecule has 0 aliphatic carbocycles. The van der Waals surface area contributed by atoms with Gasteiger partial charge in [0.25, 0.3) is 0 Å². The third kappa shape index (κ3) is 26.0. The molecule has 0 aromatic rings. The van der Waals surface area contributed by atoms with Crippen LogP contribution in [0.25, 0.3) is 0 Å². The summed E-state index contributed by atoms with van der Waals surface area (Å²) in [5, 5.41) is 8.75. The Bertz CT molecular complexity index is 618. The zero-order chi connectivity index (χ0) is 32.0. The molecule has 2 unspecified atom stereocenters. The zero-order valence-corrected chi connectivity index (χ0v) is 30.1. The van der Waals surface area contributed by atoms with Crippen molar-refractivity contribution in [1.29, 1.82) is 0 Å². The minimum atomic E-state index is -3.28. The largest absolute Gasteiger partial charge is 0.498 e. The summed E-state index contributed by atoms with van der Waals surface area (Å²) >= 11 is 0. The van der Waals surface area contributed by atoms with Crippen LogP contribution in [0.15, 0.2) is 0 Å². The molecule has 1 heterocycles. The first kappa shape index (κ1) is 41.9. The van der Waals surface area contributed by atoms with Crippen molar-refractivity contribution in [2.75, 3.05) is 93.3 Å². The Balaban J connectivity index is 2.08. The minimum absolute atomic E-state index is 0.00772. The van der Waals surface area contributed by atoms with E-state index in [1.54, 1.807) is 0 Å². The van der Waals surface area contributed by atoms with Crippen molar-refractivity contribution in [3.63, 3.8) is 0 Å². The Hall–Kier alpha value is -0.143. The van der Waals surface area contributed by atoms with E-state index in [4.69, 9.17) is 32.9 Å². The van der Waals surface area contributed by atoms with Crippen LogP contribution < -0.4 is 0 Å². The first-order valence-corrected chi connectivity index (χ1v) is 20.2. The number of aliphatic hydroxyl groups is 1. The van der Waals surface area contributed by atoms with Gasteiger partial charge in [-0.1, -0.05) is 96.8 Å². The average molecular weight is 651 g/mol. The smallest absolute Gasteiger partial charge is 0.394 e. The second-order valence-corrected chi connectivity index (χ2v) is 15.7. The van der Waals surface area contributed by atoms with Gasteiger partial charge in [-0.25, -0.2) is 0 Å². The molecule has 1 aliphatic rings. The summed E-state index contributed by atoms with van der Waals surface area (Å²) in [4.78, 5) is 11.1. The summed E-state index contributed by atoms with van der Waals surface area (Å²) in [5.74, 6) is 0. The maximum absolute atomic E-state index is 11.1. The van der Waals surface area contributed by atoms with E-state index in [-0.39, 0.29) is 19.3 Å². The number of hydrogen-bond donors (Lipinski definition) is 2. The predicted molar refractivity (Wildman–Crippen MR) is 180 cm³/mol. The molecule has 2 N–H and O–H groups in total. The van der Waals surface area contributed by atoms with E-state index < -0.39 is 8.80 Å². The lowest BCUT2D eigenvalue weighted by Gasteiger charge is -2.31. The molecule has 1 saturated heterocycles. The predicted octanol–water partition coefficient (Wildman–Crippen LogP) is 6.12. The van der Waals surface area contributed by atoms with Gasteiger partial charge in [-0.05, 0) is 12.8 Å². The molecule has 0 amide bonds. The van der Waals surface area contributed by atoms with Gasteiger partial charge in [-0.15, -0.1) is 0 Å². The number of aliphatic hydroxyl groups excluding tert-OH is 1. The van der Waals surface area contributed by atoms with Crippen LogP contribution in [0.4, 0.5) is 0 Å². The molecule has 0 saturated carbocycles. The zero-order valence-electron chi connectivity index (χ0n) is 29.1. The fourth-order valence-electron chi connectivity index (χ4n) is 5.65. The topological polar surface area (TPSA) is 95.8 Å². The van der Waals surface area contributed by atoms with Gasteiger partial charge in [0.1, 0.15) is 6.10 Å². The second kappa shape index (κ2) is 29.0. The summed E-state index contributed by atoms with van der Waals surface area (Å²) in [6, 6.07) is 0.550. The number of nitrogens with zero attached hydrogens (tertiary/aromatic N) is 1. The lowest BCUT2D eigenvalue weighted by atomic mass is 10.0. The summed E-state index contributed by atoms with van der Waals surface area (Å²) in [5.41, 5.74) is 0. The molecule has 44 heavy (non-hydrogen) atoms. The number of hydrogen-bond acceptors (Lipinski definition) is 8. The maximum Gasteiger partial charge on any atom is 0.498 e. The lowest BCUT2D eigenvalue weighted by molar-refractivity contribution is -0.890. The first-order valence-electron chi connectivity index (χ1n) is 18.2. The third-order valence-corrected chi connectivity index (χ3v) is 10.7. The molecular formula is C34H72NO8Si+. The molecule has 1 aliphatic heterocycles. The molecule has 0 bridgehead atoms. The van der Waals surface area contributed by atoms with Gasteiger partial charge >= 0.3 is 8.80 Å². The normalized spacial score (nSPS) is 20.5. The monoisotopic (exact) mass is 651 g/mol. The molecule has 2 atom stereocenters. The van der Waals surface area contributed by atoms with Crippen molar-refractivity contribution in [1.82, 2.24) is 0 Å². The summed E-state index contributed by atoms with van der Waals surface area (Å²) < 4.78 is 35.1. The van der Waals surface area contributed by atoms with Crippen molar-refractivity contribution >= 4 is 8.80 Å². The van der Waals surface area contributed by atoms with E-state index in [1.165, 1.54) is 109 Å². The molecule has 0 aromatic heterocycles. The van der Waals surface area contributed by atoms with Crippen LogP contribution in [0.5, 0.6) is 0 Å². The van der Waals surface area contributed by atoms with Crippen LogP contribution in [0.3, 0.4) is 0 Å². The van der Waals surface area contributed by atoms with E-state index >= 15 is 0 Å². The van der Waals surface area contributed by atoms with Crippen molar-refractivity contribution in [2.45, 2.75) is 128 Å². The summed E-state index contributed by atoms with van der Waals surface area (Å²) in [6.45, 7) is 7.72. The molecular weight excluding hydrogens is 578 g/mol. The quantitative estimate of drug-likeness (QED) is 0.0594. The van der Waals surface area contributed by atoms with E-state index in [0.29, 0.717) is 58.9 Å². The number of unbranched alkanes of at least 4 members (excludes halogenated alkanes) is 15. The molecule has 1 fully saturated rings. The summed E-state index contributed by atoms with van der Waals surface area (Å²) in [7, 11) is 1.30. The molecule has 0 radical (unpaired) electrons. The second-order valence-electron chi connectivity index (χ2n) is 13.2. The molecule has 0 aromatic carbocycles. The molecule has 1 rings (SSSR count). The standard InChI is InChI=1S/C34H72NO8Si/c1-4-5-6-7-8-9-10-11-12-13-14-15-16-17-18-19-21-35(2,3)22-20-31-44(37)42-29-27-40-33-34(41-28-30-43-44)32-39-26-25-38-24-23-36/h34,36-37H,4-33H2,1-3H3/q+1. The molecule has 0 spiro atoms. The van der Waals surface area contributed by atoms with E-state index in [0.717, 1.165) is 17.4 Å². The fourth-order valence-corrected chi connectivity index (χ4v) is 7.43. The van der Waals surface area contributed by atoms with Gasteiger partial charge in [-0.2, -0.15) is 0 Å². The van der Waals surface area contributed by atoms with Crippen LogP contribution in [0.2, 0.25) is 6.04 Å². The fraction of sp³-hybridized carbons (Fsp3) is 1.00. The molecule has 264 valence electrons. The van der Waals surface area contributed by atoms with Crippen molar-refractivity contribution in [2.24, 2.45) is 0 Å². The van der Waals surface area contributed by atoms with Gasteiger partial charge in [-0.3, -0.25) is 0 Å². The van der Waals surface area contributed by atoms with Crippen molar-refractivity contribution in [3.8, 4) is 0 Å². The minimum Gasteiger partial charge on any atom is -0.394 e. The van der Waals surface area contributed by atoms with Gasteiger partial charge in [0, 0.05) is 12.5 Å². The highest BCUT2D eigenvalue weighted by Gasteiger charge is 2.37. The van der Waals surface area contributed by atoms with E-state index in [1.807, 2.05) is 0 Å². The highest BCUT2D eigenvalue weighted by Crippen LogP contribution is 2.17. The van der Waals surface area contributed by atoms with Crippen LogP contribution in [-0.2, 0) is 27.8 Å². The van der Waals surface area contributed by atoms with Crippen LogP contribution >= 0.6 is 0 Å². The van der Waals surface area contributed by atoms with Gasteiger partial charge in [0.05, 0.1) is 93.3 Å². The SMILES string of the molecule is CCCCCCCCCCCCCCCCCC[N+](C)(C)CCC[Si]1(O)OCCOCC(COCCOCCO)OCCO1. The highest BCUT2D eigenvalue weighted by atomic mass is 28.4. The number of ether oxygens (including phenoxy) is 4. The Labute approximate surface area is 272 Å². The molecule has 10 heteroatoms. The highest BCUT2D eigenvalue weighted by molar-refractivity contribution is 6.59. The summed E-state index contributed by atoms with van der Waals surface area (Å²) in [6.07, 6.45) is 23.0. The van der Waals surface area contributed by atoms with Crippen LogP contribution in [0, 0.1) is 0 Å². The van der Waals surface area contributed by atoms with E-state index in [9.17, 15) is 4.80 Å². The maximum atomic E-state index is 11.1. The Morgan fingerprint density at radius 2 is 1.18 bits per heavy atom. The van der Waals surface area contributed by atoms with Crippen LogP contribution in [0.1, 0.15) is 116 Å². The number of rotatable bonds is 28. The van der Waals surface area contributed by atoms with Crippen molar-refractivity contribution in [3.05, 3.63) is 0 Å². The van der Waals surface area contributed by atoms with Gasteiger partial charge in [0.15, 0.2) is 0 Å². The first-order chi connectivity index (χ1) is 21.4. The molecule has 9 nitrogen and oxygen atoms in total. The lowest BCUT2D eigenvalue weighted by Crippen LogP contribution is -2.46. The Kier molecular flexibility index (Phi) is 27.6. The van der Waals surface area contributed by atoms with E-state index in [2.05, 4.69) is 21.0 Å². The average Bonchev–Trinajstić information content (AvgIpc) is 3.03. The van der Waals surface area contributed by atoms with Gasteiger partial charge < -0.3 is 42.2 Å².